The van der Waals surface area contributed by atoms with Crippen molar-refractivity contribution in [2.75, 3.05) is 38.2 Å². The summed E-state index contributed by atoms with van der Waals surface area (Å²) in [6.07, 6.45) is 5.73. The van der Waals surface area contributed by atoms with Gasteiger partial charge in [0.1, 0.15) is 17.6 Å². The molecule has 3 aromatic rings. The SMILES string of the molecule is COc1ccc(C(=O)/C=C/C(=O)N2CCN(c3ncnc4nc[nH]c34)CC2)cc1. The van der Waals surface area contributed by atoms with Crippen LogP contribution in [-0.4, -0.2) is 69.8 Å². The van der Waals surface area contributed by atoms with Crippen molar-refractivity contribution >= 4 is 28.7 Å². The molecule has 0 spiro atoms. The van der Waals surface area contributed by atoms with E-state index in [1.54, 1.807) is 42.6 Å². The largest absolute Gasteiger partial charge is 0.497 e. The third-order valence-electron chi connectivity index (χ3n) is 4.85. The predicted octanol–water partition coefficient (Wildman–Crippen LogP) is 1.45. The first-order valence-corrected chi connectivity index (χ1v) is 9.20. The van der Waals surface area contributed by atoms with E-state index in [2.05, 4.69) is 24.8 Å². The Morgan fingerprint density at radius 3 is 2.52 bits per heavy atom. The fourth-order valence-electron chi connectivity index (χ4n) is 3.23. The number of piperazine rings is 1. The first-order valence-electron chi connectivity index (χ1n) is 9.20. The van der Waals surface area contributed by atoms with Crippen LogP contribution >= 0.6 is 0 Å². The molecule has 4 rings (SSSR count). The van der Waals surface area contributed by atoms with Crippen LogP contribution in [0.2, 0.25) is 0 Å². The first-order chi connectivity index (χ1) is 14.2. The number of rotatable bonds is 5. The summed E-state index contributed by atoms with van der Waals surface area (Å²) in [5, 5.41) is 0. The predicted molar refractivity (Wildman–Crippen MR) is 107 cm³/mol. The van der Waals surface area contributed by atoms with Crippen LogP contribution in [0, 0.1) is 0 Å². The molecular weight excluding hydrogens is 372 g/mol. The Morgan fingerprint density at radius 2 is 1.79 bits per heavy atom. The minimum atomic E-state index is -0.220. The van der Waals surface area contributed by atoms with Crippen LogP contribution in [0.5, 0.6) is 5.75 Å². The van der Waals surface area contributed by atoms with E-state index in [9.17, 15) is 9.59 Å². The van der Waals surface area contributed by atoms with Gasteiger partial charge in [-0.2, -0.15) is 0 Å². The lowest BCUT2D eigenvalue weighted by Crippen LogP contribution is -2.48. The van der Waals surface area contributed by atoms with Gasteiger partial charge in [0, 0.05) is 37.8 Å². The Morgan fingerprint density at radius 1 is 1.03 bits per heavy atom. The smallest absolute Gasteiger partial charge is 0.246 e. The summed E-state index contributed by atoms with van der Waals surface area (Å²) in [4.78, 5) is 44.2. The fourth-order valence-corrected chi connectivity index (χ4v) is 3.23. The third-order valence-corrected chi connectivity index (χ3v) is 4.85. The molecule has 3 heterocycles. The van der Waals surface area contributed by atoms with Gasteiger partial charge >= 0.3 is 0 Å². The number of nitrogens with one attached hydrogen (secondary N) is 1. The number of carbonyl (C=O) groups is 2. The molecule has 1 aliphatic heterocycles. The quantitative estimate of drug-likeness (QED) is 0.518. The number of amides is 1. The number of hydrogen-bond donors (Lipinski definition) is 1. The average molecular weight is 392 g/mol. The molecule has 0 radical (unpaired) electrons. The number of hydrogen-bond acceptors (Lipinski definition) is 7. The maximum Gasteiger partial charge on any atom is 0.246 e. The lowest BCUT2D eigenvalue weighted by atomic mass is 10.1. The van der Waals surface area contributed by atoms with Gasteiger partial charge < -0.3 is 19.5 Å². The van der Waals surface area contributed by atoms with Crippen LogP contribution in [0.3, 0.4) is 0 Å². The topological polar surface area (TPSA) is 104 Å². The monoisotopic (exact) mass is 392 g/mol. The first kappa shape index (κ1) is 18.6. The van der Waals surface area contributed by atoms with Crippen molar-refractivity contribution in [1.29, 1.82) is 0 Å². The Labute approximate surface area is 167 Å². The Balaban J connectivity index is 1.35. The van der Waals surface area contributed by atoms with E-state index in [4.69, 9.17) is 4.74 Å². The number of fused-ring (bicyclic) bond motifs is 1. The third kappa shape index (κ3) is 3.93. The highest BCUT2D eigenvalue weighted by atomic mass is 16.5. The number of benzene rings is 1. The Hall–Kier alpha value is -3.75. The second-order valence-electron chi connectivity index (χ2n) is 6.54. The van der Waals surface area contributed by atoms with E-state index in [0.717, 1.165) is 11.3 Å². The van der Waals surface area contributed by atoms with E-state index < -0.39 is 0 Å². The molecule has 0 atom stereocenters. The number of anilines is 1. The molecule has 9 nitrogen and oxygen atoms in total. The molecule has 2 aromatic heterocycles. The zero-order chi connectivity index (χ0) is 20.2. The summed E-state index contributed by atoms with van der Waals surface area (Å²) < 4.78 is 5.08. The van der Waals surface area contributed by atoms with E-state index >= 15 is 0 Å². The zero-order valence-corrected chi connectivity index (χ0v) is 15.9. The number of carbonyl (C=O) groups excluding carboxylic acids is 2. The van der Waals surface area contributed by atoms with Crippen LogP contribution in [0.15, 0.2) is 49.1 Å². The van der Waals surface area contributed by atoms with Crippen molar-refractivity contribution in [3.05, 3.63) is 54.6 Å². The van der Waals surface area contributed by atoms with E-state index in [1.165, 1.54) is 18.5 Å². The molecule has 0 unspecified atom stereocenters. The molecule has 1 saturated heterocycles. The number of H-pyrrole nitrogens is 1. The zero-order valence-electron chi connectivity index (χ0n) is 15.9. The van der Waals surface area contributed by atoms with Gasteiger partial charge in [-0.15, -0.1) is 0 Å². The highest BCUT2D eigenvalue weighted by Crippen LogP contribution is 2.21. The van der Waals surface area contributed by atoms with E-state index in [0.29, 0.717) is 43.1 Å². The number of allylic oxidation sites excluding steroid dienone is 1. The fraction of sp³-hybridized carbons (Fsp3) is 0.250. The Kier molecular flexibility index (Phi) is 5.19. The van der Waals surface area contributed by atoms with Crippen molar-refractivity contribution in [3.8, 4) is 5.75 Å². The van der Waals surface area contributed by atoms with Crippen molar-refractivity contribution in [3.63, 3.8) is 0 Å². The van der Waals surface area contributed by atoms with Crippen molar-refractivity contribution in [1.82, 2.24) is 24.8 Å². The molecule has 148 valence electrons. The summed E-state index contributed by atoms with van der Waals surface area (Å²) in [7, 11) is 1.57. The summed E-state index contributed by atoms with van der Waals surface area (Å²) in [6, 6.07) is 6.77. The summed E-state index contributed by atoms with van der Waals surface area (Å²) in [5.41, 5.74) is 1.91. The van der Waals surface area contributed by atoms with Gasteiger partial charge in [-0.3, -0.25) is 9.59 Å². The summed E-state index contributed by atoms with van der Waals surface area (Å²) in [6.45, 7) is 2.35. The molecule has 1 N–H and O–H groups in total. The number of nitrogens with zero attached hydrogens (tertiary/aromatic N) is 5. The summed E-state index contributed by atoms with van der Waals surface area (Å²) in [5.74, 6) is 1.06. The van der Waals surface area contributed by atoms with Crippen LogP contribution in [-0.2, 0) is 4.79 Å². The standard InChI is InChI=1S/C20H20N6O3/c1-29-15-4-2-14(3-5-15)16(27)6-7-17(28)25-8-10-26(11-9-25)20-18-19(22-12-21-18)23-13-24-20/h2-7,12-13H,8-11H2,1H3,(H,21,22,23,24)/b7-6+. The van der Waals surface area contributed by atoms with Gasteiger partial charge in [0.15, 0.2) is 17.2 Å². The number of aromatic nitrogens is 4. The number of ether oxygens (including phenoxy) is 1. The highest BCUT2D eigenvalue weighted by molar-refractivity contribution is 6.07. The van der Waals surface area contributed by atoms with E-state index in [-0.39, 0.29) is 11.7 Å². The van der Waals surface area contributed by atoms with Crippen molar-refractivity contribution in [2.45, 2.75) is 0 Å². The maximum atomic E-state index is 12.5. The van der Waals surface area contributed by atoms with Crippen LogP contribution < -0.4 is 9.64 Å². The normalized spacial score (nSPS) is 14.5. The van der Waals surface area contributed by atoms with Gasteiger partial charge in [0.25, 0.3) is 0 Å². The van der Waals surface area contributed by atoms with Gasteiger partial charge in [-0.1, -0.05) is 0 Å². The van der Waals surface area contributed by atoms with Gasteiger partial charge in [-0.05, 0) is 30.3 Å². The average Bonchev–Trinajstić information content (AvgIpc) is 3.26. The van der Waals surface area contributed by atoms with Crippen LogP contribution in [0.1, 0.15) is 10.4 Å². The van der Waals surface area contributed by atoms with Crippen molar-refractivity contribution in [2.24, 2.45) is 0 Å². The molecule has 1 aliphatic rings. The number of ketones is 1. The minimum Gasteiger partial charge on any atom is -0.497 e. The lowest BCUT2D eigenvalue weighted by molar-refractivity contribution is -0.126. The Bertz CT molecular complexity index is 1050. The summed E-state index contributed by atoms with van der Waals surface area (Å²) >= 11 is 0. The second-order valence-corrected chi connectivity index (χ2v) is 6.54. The van der Waals surface area contributed by atoms with Gasteiger partial charge in [-0.25, -0.2) is 15.0 Å². The molecule has 0 saturated carbocycles. The molecule has 0 bridgehead atoms. The van der Waals surface area contributed by atoms with Crippen molar-refractivity contribution < 1.29 is 14.3 Å². The van der Waals surface area contributed by atoms with Gasteiger partial charge in [0.2, 0.25) is 5.91 Å². The molecule has 1 aromatic carbocycles. The highest BCUT2D eigenvalue weighted by Gasteiger charge is 2.22. The molecule has 29 heavy (non-hydrogen) atoms. The molecule has 1 fully saturated rings. The number of imidazole rings is 1. The molecule has 1 amide bonds. The molecular formula is C20H20N6O3. The second kappa shape index (κ2) is 8.09. The van der Waals surface area contributed by atoms with Crippen LogP contribution in [0.4, 0.5) is 5.82 Å². The lowest BCUT2D eigenvalue weighted by Gasteiger charge is -2.34. The van der Waals surface area contributed by atoms with Gasteiger partial charge in [0.05, 0.1) is 13.4 Å². The maximum absolute atomic E-state index is 12.5. The number of methoxy groups -OCH3 is 1. The van der Waals surface area contributed by atoms with Crippen LogP contribution in [0.25, 0.3) is 11.2 Å². The minimum absolute atomic E-state index is 0.180. The number of aromatic amines is 1. The molecule has 0 aliphatic carbocycles. The van der Waals surface area contributed by atoms with E-state index in [1.807, 2.05) is 0 Å². The molecule has 9 heteroatoms.